The first kappa shape index (κ1) is 16.1. The topological polar surface area (TPSA) is 52.8 Å². The third-order valence-corrected chi connectivity index (χ3v) is 4.71. The fraction of sp³-hybridized carbons (Fsp3) is 0.611. The standard InChI is InChI=1S/C18H28N4O/c1-14-9-10-17(23-14)16(22-11-5-6-12-22)13-20-18(19-2)21-15-7-3-4-8-15/h3-4,9-10,15-16H,5-8,11-13H2,1-2H3,(H2,19,20,21). The van der Waals surface area contributed by atoms with E-state index in [1.54, 1.807) is 0 Å². The van der Waals surface area contributed by atoms with Crippen molar-refractivity contribution < 1.29 is 4.42 Å². The van der Waals surface area contributed by atoms with Crippen molar-refractivity contribution in [1.82, 2.24) is 15.5 Å². The maximum absolute atomic E-state index is 5.91. The Balaban J connectivity index is 1.61. The fourth-order valence-corrected chi connectivity index (χ4v) is 3.41. The van der Waals surface area contributed by atoms with Crippen LogP contribution in [-0.4, -0.2) is 43.6 Å². The van der Waals surface area contributed by atoms with Crippen molar-refractivity contribution in [1.29, 1.82) is 0 Å². The lowest BCUT2D eigenvalue weighted by Crippen LogP contribution is -2.45. The van der Waals surface area contributed by atoms with Gasteiger partial charge in [-0.15, -0.1) is 0 Å². The van der Waals surface area contributed by atoms with E-state index in [4.69, 9.17) is 4.42 Å². The zero-order valence-corrected chi connectivity index (χ0v) is 14.2. The second-order valence-corrected chi connectivity index (χ2v) is 6.44. The van der Waals surface area contributed by atoms with E-state index < -0.39 is 0 Å². The minimum Gasteiger partial charge on any atom is -0.465 e. The summed E-state index contributed by atoms with van der Waals surface area (Å²) in [5.74, 6) is 2.91. The highest BCUT2D eigenvalue weighted by Crippen LogP contribution is 2.26. The van der Waals surface area contributed by atoms with Gasteiger partial charge in [0.25, 0.3) is 0 Å². The summed E-state index contributed by atoms with van der Waals surface area (Å²) in [6, 6.07) is 4.90. The molecule has 0 radical (unpaired) electrons. The van der Waals surface area contributed by atoms with E-state index in [1.165, 1.54) is 12.8 Å². The second-order valence-electron chi connectivity index (χ2n) is 6.44. The molecule has 1 saturated heterocycles. The summed E-state index contributed by atoms with van der Waals surface area (Å²) >= 11 is 0. The van der Waals surface area contributed by atoms with Crippen LogP contribution < -0.4 is 10.6 Å². The number of nitrogens with one attached hydrogen (secondary N) is 2. The minimum atomic E-state index is 0.270. The predicted octanol–water partition coefficient (Wildman–Crippen LogP) is 2.61. The van der Waals surface area contributed by atoms with Crippen LogP contribution in [0.3, 0.4) is 0 Å². The number of likely N-dealkylation sites (tertiary alicyclic amines) is 1. The van der Waals surface area contributed by atoms with E-state index in [0.717, 1.165) is 50.0 Å². The molecule has 23 heavy (non-hydrogen) atoms. The lowest BCUT2D eigenvalue weighted by atomic mass is 10.2. The minimum absolute atomic E-state index is 0.270. The molecule has 2 N–H and O–H groups in total. The second kappa shape index (κ2) is 7.68. The van der Waals surface area contributed by atoms with Crippen molar-refractivity contribution in [3.8, 4) is 0 Å². The Morgan fingerprint density at radius 3 is 2.65 bits per heavy atom. The summed E-state index contributed by atoms with van der Waals surface area (Å²) in [6.07, 6.45) is 9.16. The van der Waals surface area contributed by atoms with Gasteiger partial charge < -0.3 is 15.1 Å². The predicted molar refractivity (Wildman–Crippen MR) is 93.7 cm³/mol. The van der Waals surface area contributed by atoms with Crippen LogP contribution in [0.1, 0.15) is 43.2 Å². The summed E-state index contributed by atoms with van der Waals surface area (Å²) in [7, 11) is 1.83. The van der Waals surface area contributed by atoms with Gasteiger partial charge in [0, 0.05) is 19.6 Å². The molecule has 1 fully saturated rings. The molecular formula is C18H28N4O. The monoisotopic (exact) mass is 316 g/mol. The van der Waals surface area contributed by atoms with E-state index >= 15 is 0 Å². The van der Waals surface area contributed by atoms with Gasteiger partial charge in [-0.05, 0) is 57.8 Å². The van der Waals surface area contributed by atoms with Crippen LogP contribution in [0.5, 0.6) is 0 Å². The average molecular weight is 316 g/mol. The smallest absolute Gasteiger partial charge is 0.191 e. The van der Waals surface area contributed by atoms with Crippen LogP contribution in [0, 0.1) is 6.92 Å². The largest absolute Gasteiger partial charge is 0.465 e. The molecule has 1 unspecified atom stereocenters. The van der Waals surface area contributed by atoms with Crippen LogP contribution in [0.2, 0.25) is 0 Å². The Morgan fingerprint density at radius 1 is 1.30 bits per heavy atom. The van der Waals surface area contributed by atoms with E-state index in [2.05, 4.69) is 44.8 Å². The number of hydrogen-bond donors (Lipinski definition) is 2. The van der Waals surface area contributed by atoms with E-state index in [-0.39, 0.29) is 6.04 Å². The molecule has 2 aliphatic rings. The molecule has 2 heterocycles. The van der Waals surface area contributed by atoms with Gasteiger partial charge in [0.15, 0.2) is 5.96 Å². The molecule has 3 rings (SSSR count). The van der Waals surface area contributed by atoms with Crippen LogP contribution in [0.25, 0.3) is 0 Å². The normalized spacial score (nSPS) is 21.0. The number of aryl methyl sites for hydroxylation is 1. The first-order valence-corrected chi connectivity index (χ1v) is 8.69. The van der Waals surface area contributed by atoms with Gasteiger partial charge in [-0.2, -0.15) is 0 Å². The zero-order chi connectivity index (χ0) is 16.1. The number of aliphatic imine (C=N–C) groups is 1. The molecule has 1 aliphatic heterocycles. The van der Waals surface area contributed by atoms with E-state index in [1.807, 2.05) is 14.0 Å². The highest BCUT2D eigenvalue weighted by molar-refractivity contribution is 5.80. The lowest BCUT2D eigenvalue weighted by molar-refractivity contribution is 0.213. The van der Waals surface area contributed by atoms with Crippen molar-refractivity contribution in [3.63, 3.8) is 0 Å². The molecule has 1 aromatic rings. The third kappa shape index (κ3) is 4.16. The molecule has 0 bridgehead atoms. The third-order valence-electron chi connectivity index (χ3n) is 4.71. The van der Waals surface area contributed by atoms with Crippen molar-refractivity contribution in [2.24, 2.45) is 4.99 Å². The molecule has 0 amide bonds. The number of guanidine groups is 1. The number of furan rings is 1. The van der Waals surface area contributed by atoms with Crippen molar-refractivity contribution in [2.45, 2.75) is 44.7 Å². The van der Waals surface area contributed by atoms with Crippen molar-refractivity contribution >= 4 is 5.96 Å². The Bertz CT molecular complexity index is 549. The maximum atomic E-state index is 5.91. The van der Waals surface area contributed by atoms with E-state index in [0.29, 0.717) is 6.04 Å². The summed E-state index contributed by atoms with van der Waals surface area (Å²) in [5, 5.41) is 6.99. The van der Waals surface area contributed by atoms with Gasteiger partial charge in [0.05, 0.1) is 6.04 Å². The van der Waals surface area contributed by atoms with Gasteiger partial charge >= 0.3 is 0 Å². The maximum Gasteiger partial charge on any atom is 0.191 e. The highest BCUT2D eigenvalue weighted by atomic mass is 16.3. The van der Waals surface area contributed by atoms with Gasteiger partial charge in [-0.3, -0.25) is 9.89 Å². The Morgan fingerprint density at radius 2 is 2.04 bits per heavy atom. The molecule has 0 saturated carbocycles. The highest BCUT2D eigenvalue weighted by Gasteiger charge is 2.26. The van der Waals surface area contributed by atoms with Crippen LogP contribution in [-0.2, 0) is 0 Å². The quantitative estimate of drug-likeness (QED) is 0.498. The van der Waals surface area contributed by atoms with Gasteiger partial charge in [0.1, 0.15) is 11.5 Å². The van der Waals surface area contributed by atoms with Crippen LogP contribution in [0.4, 0.5) is 0 Å². The fourth-order valence-electron chi connectivity index (χ4n) is 3.41. The number of hydrogen-bond acceptors (Lipinski definition) is 3. The van der Waals surface area contributed by atoms with Gasteiger partial charge in [-0.25, -0.2) is 0 Å². The first-order valence-electron chi connectivity index (χ1n) is 8.69. The van der Waals surface area contributed by atoms with E-state index in [9.17, 15) is 0 Å². The number of nitrogens with zero attached hydrogens (tertiary/aromatic N) is 2. The molecule has 1 atom stereocenters. The molecule has 5 nitrogen and oxygen atoms in total. The average Bonchev–Trinajstić information content (AvgIpc) is 3.29. The van der Waals surface area contributed by atoms with Crippen molar-refractivity contribution in [2.75, 3.05) is 26.7 Å². The molecule has 126 valence electrons. The van der Waals surface area contributed by atoms with Crippen LogP contribution >= 0.6 is 0 Å². The van der Waals surface area contributed by atoms with Crippen molar-refractivity contribution in [3.05, 3.63) is 35.8 Å². The summed E-state index contributed by atoms with van der Waals surface area (Å²) in [4.78, 5) is 6.88. The Labute approximate surface area is 138 Å². The van der Waals surface area contributed by atoms with Gasteiger partial charge in [0.2, 0.25) is 0 Å². The zero-order valence-electron chi connectivity index (χ0n) is 14.2. The summed E-state index contributed by atoms with van der Waals surface area (Å²) < 4.78 is 5.91. The molecule has 1 aliphatic carbocycles. The Hall–Kier alpha value is -1.75. The molecule has 0 aromatic carbocycles. The molecule has 5 heteroatoms. The van der Waals surface area contributed by atoms with Crippen LogP contribution in [0.15, 0.2) is 33.7 Å². The summed E-state index contributed by atoms with van der Waals surface area (Å²) in [6.45, 7) is 5.10. The molecule has 0 spiro atoms. The SMILES string of the molecule is CN=C(NCC(c1ccc(C)o1)N1CCCC1)NC1CC=CC1. The first-order chi connectivity index (χ1) is 11.3. The Kier molecular flexibility index (Phi) is 5.39. The summed E-state index contributed by atoms with van der Waals surface area (Å²) in [5.41, 5.74) is 0. The number of rotatable bonds is 5. The van der Waals surface area contributed by atoms with Gasteiger partial charge in [-0.1, -0.05) is 12.2 Å². The lowest BCUT2D eigenvalue weighted by Gasteiger charge is -2.27. The molecular weight excluding hydrogens is 288 g/mol. The molecule has 1 aromatic heterocycles.